The second-order valence-corrected chi connectivity index (χ2v) is 2.95. The van der Waals surface area contributed by atoms with Crippen LogP contribution < -0.4 is 11.5 Å². The molecular formula is C9H12ClN3. The van der Waals surface area contributed by atoms with Gasteiger partial charge in [-0.05, 0) is 31.2 Å². The van der Waals surface area contributed by atoms with Crippen molar-refractivity contribution in [3.63, 3.8) is 0 Å². The highest BCUT2D eigenvalue weighted by Gasteiger charge is 1.96. The monoisotopic (exact) mass is 197 g/mol. The van der Waals surface area contributed by atoms with E-state index in [4.69, 9.17) is 23.1 Å². The molecule has 0 saturated carbocycles. The fourth-order valence-corrected chi connectivity index (χ4v) is 1.01. The average molecular weight is 198 g/mol. The molecule has 0 bridgehead atoms. The summed E-state index contributed by atoms with van der Waals surface area (Å²) in [6, 6.07) is 3.55. The van der Waals surface area contributed by atoms with Crippen molar-refractivity contribution in [2.45, 2.75) is 6.42 Å². The van der Waals surface area contributed by atoms with Crippen molar-refractivity contribution >= 4 is 23.4 Å². The lowest BCUT2D eigenvalue weighted by atomic mass is 10.3. The first-order valence-electron chi connectivity index (χ1n) is 4.02. The number of hydrogen-bond donors (Lipinski definition) is 2. The summed E-state index contributed by atoms with van der Waals surface area (Å²) in [4.78, 5) is 4.06. The normalized spacial score (nSPS) is 10.9. The summed E-state index contributed by atoms with van der Waals surface area (Å²) in [7, 11) is 0. The minimum absolute atomic E-state index is 0.342. The molecule has 13 heavy (non-hydrogen) atoms. The smallest absolute Gasteiger partial charge is 0.152 e. The van der Waals surface area contributed by atoms with Crippen LogP contribution >= 0.6 is 11.6 Å². The molecule has 0 aromatic carbocycles. The van der Waals surface area contributed by atoms with Crippen molar-refractivity contribution < 1.29 is 0 Å². The quantitative estimate of drug-likeness (QED) is 0.725. The molecular weight excluding hydrogens is 186 g/mol. The van der Waals surface area contributed by atoms with Crippen LogP contribution in [0.3, 0.4) is 0 Å². The lowest BCUT2D eigenvalue weighted by molar-refractivity contribution is 1.01. The Bertz CT molecular complexity index is 310. The molecule has 4 N–H and O–H groups in total. The van der Waals surface area contributed by atoms with Crippen molar-refractivity contribution in [1.29, 1.82) is 0 Å². The molecule has 0 amide bonds. The van der Waals surface area contributed by atoms with Gasteiger partial charge in [0, 0.05) is 0 Å². The summed E-state index contributed by atoms with van der Waals surface area (Å²) >= 11 is 5.73. The third-order valence-corrected chi connectivity index (χ3v) is 1.82. The third kappa shape index (κ3) is 3.05. The summed E-state index contributed by atoms with van der Waals surface area (Å²) in [5.74, 6) is 0. The van der Waals surface area contributed by atoms with E-state index in [-0.39, 0.29) is 0 Å². The second-order valence-electron chi connectivity index (χ2n) is 2.60. The predicted molar refractivity (Wildman–Crippen MR) is 56.4 cm³/mol. The van der Waals surface area contributed by atoms with Crippen molar-refractivity contribution in [1.82, 2.24) is 4.98 Å². The number of nitrogens with two attached hydrogens (primary N) is 2. The van der Waals surface area contributed by atoms with Gasteiger partial charge >= 0.3 is 0 Å². The Kier molecular flexibility index (Phi) is 3.73. The SMILES string of the molecule is NCCC=Cc1ccc(N)c(Cl)n1. The van der Waals surface area contributed by atoms with Crippen LogP contribution in [-0.4, -0.2) is 11.5 Å². The zero-order valence-corrected chi connectivity index (χ0v) is 7.96. The van der Waals surface area contributed by atoms with Crippen LogP contribution in [0.2, 0.25) is 5.15 Å². The molecule has 0 spiro atoms. The Morgan fingerprint density at radius 3 is 2.85 bits per heavy atom. The lowest BCUT2D eigenvalue weighted by Gasteiger charge is -1.97. The van der Waals surface area contributed by atoms with Crippen molar-refractivity contribution in [2.75, 3.05) is 12.3 Å². The number of rotatable bonds is 3. The number of anilines is 1. The van der Waals surface area contributed by atoms with Crippen LogP contribution in [0.15, 0.2) is 18.2 Å². The van der Waals surface area contributed by atoms with Gasteiger partial charge in [-0.25, -0.2) is 4.98 Å². The fourth-order valence-electron chi connectivity index (χ4n) is 0.852. The van der Waals surface area contributed by atoms with Crippen LogP contribution in [0.5, 0.6) is 0 Å². The van der Waals surface area contributed by atoms with Crippen LogP contribution in [0, 0.1) is 0 Å². The van der Waals surface area contributed by atoms with Gasteiger partial charge in [0.15, 0.2) is 5.15 Å². The maximum absolute atomic E-state index is 5.73. The molecule has 0 atom stereocenters. The first-order chi connectivity index (χ1) is 6.24. The maximum atomic E-state index is 5.73. The summed E-state index contributed by atoms with van der Waals surface area (Å²) in [6.07, 6.45) is 4.66. The molecule has 4 heteroatoms. The van der Waals surface area contributed by atoms with Gasteiger partial charge in [0.2, 0.25) is 0 Å². The van der Waals surface area contributed by atoms with E-state index in [0.29, 0.717) is 17.4 Å². The summed E-state index contributed by atoms with van der Waals surface area (Å²) in [6.45, 7) is 0.638. The second kappa shape index (κ2) is 4.84. The number of nitrogens with zero attached hydrogens (tertiary/aromatic N) is 1. The van der Waals surface area contributed by atoms with Gasteiger partial charge in [0.25, 0.3) is 0 Å². The summed E-state index contributed by atoms with van der Waals surface area (Å²) < 4.78 is 0. The van der Waals surface area contributed by atoms with E-state index in [0.717, 1.165) is 12.1 Å². The van der Waals surface area contributed by atoms with E-state index >= 15 is 0 Å². The highest BCUT2D eigenvalue weighted by atomic mass is 35.5. The van der Waals surface area contributed by atoms with Crippen molar-refractivity contribution in [3.8, 4) is 0 Å². The Balaban J connectivity index is 2.73. The van der Waals surface area contributed by atoms with Gasteiger partial charge in [-0.1, -0.05) is 17.7 Å². The van der Waals surface area contributed by atoms with E-state index in [2.05, 4.69) is 4.98 Å². The van der Waals surface area contributed by atoms with Gasteiger partial charge in [-0.15, -0.1) is 0 Å². The van der Waals surface area contributed by atoms with Crippen molar-refractivity contribution in [3.05, 3.63) is 29.1 Å². The average Bonchev–Trinajstić information content (AvgIpc) is 2.12. The number of nitrogen functional groups attached to an aromatic ring is 1. The van der Waals surface area contributed by atoms with Gasteiger partial charge in [0.05, 0.1) is 11.4 Å². The molecule has 0 aliphatic carbocycles. The third-order valence-electron chi connectivity index (χ3n) is 1.52. The zero-order valence-electron chi connectivity index (χ0n) is 7.20. The Morgan fingerprint density at radius 2 is 2.23 bits per heavy atom. The molecule has 1 heterocycles. The minimum atomic E-state index is 0.342. The number of pyridine rings is 1. The van der Waals surface area contributed by atoms with E-state index in [1.807, 2.05) is 18.2 Å². The molecule has 1 aromatic rings. The van der Waals surface area contributed by atoms with E-state index in [1.165, 1.54) is 0 Å². The topological polar surface area (TPSA) is 64.9 Å². The van der Waals surface area contributed by atoms with Gasteiger partial charge < -0.3 is 11.5 Å². The number of hydrogen-bond acceptors (Lipinski definition) is 3. The van der Waals surface area contributed by atoms with Crippen molar-refractivity contribution in [2.24, 2.45) is 5.73 Å². The van der Waals surface area contributed by atoms with Gasteiger partial charge in [-0.3, -0.25) is 0 Å². The molecule has 1 aromatic heterocycles. The largest absolute Gasteiger partial charge is 0.396 e. The molecule has 0 saturated heterocycles. The van der Waals surface area contributed by atoms with Crippen LogP contribution in [0.4, 0.5) is 5.69 Å². The highest BCUT2D eigenvalue weighted by Crippen LogP contribution is 2.15. The van der Waals surface area contributed by atoms with E-state index < -0.39 is 0 Å². The minimum Gasteiger partial charge on any atom is -0.396 e. The Morgan fingerprint density at radius 1 is 1.46 bits per heavy atom. The molecule has 0 radical (unpaired) electrons. The van der Waals surface area contributed by atoms with E-state index in [9.17, 15) is 0 Å². The lowest BCUT2D eigenvalue weighted by Crippen LogP contribution is -1.95. The predicted octanol–water partition coefficient (Wildman–Crippen LogP) is 1.68. The standard InChI is InChI=1S/C9H12ClN3/c10-9-8(12)5-4-7(13-9)3-1-2-6-11/h1,3-5H,2,6,11-12H2. The molecule has 0 unspecified atom stereocenters. The van der Waals surface area contributed by atoms with Gasteiger partial charge in [-0.2, -0.15) is 0 Å². The number of halogens is 1. The molecule has 70 valence electrons. The van der Waals surface area contributed by atoms with Crippen LogP contribution in [0.25, 0.3) is 6.08 Å². The number of aromatic nitrogens is 1. The first-order valence-corrected chi connectivity index (χ1v) is 4.40. The van der Waals surface area contributed by atoms with Crippen LogP contribution in [-0.2, 0) is 0 Å². The van der Waals surface area contributed by atoms with Crippen LogP contribution in [0.1, 0.15) is 12.1 Å². The Hall–Kier alpha value is -1.06. The highest BCUT2D eigenvalue weighted by molar-refractivity contribution is 6.31. The summed E-state index contributed by atoms with van der Waals surface area (Å²) in [5.41, 5.74) is 12.1. The fraction of sp³-hybridized carbons (Fsp3) is 0.222. The molecule has 1 rings (SSSR count). The molecule has 3 nitrogen and oxygen atoms in total. The zero-order chi connectivity index (χ0) is 9.68. The maximum Gasteiger partial charge on any atom is 0.152 e. The Labute approximate surface area is 82.4 Å². The summed E-state index contributed by atoms with van der Waals surface area (Å²) in [5, 5.41) is 0.342. The molecule has 0 fully saturated rings. The van der Waals surface area contributed by atoms with Gasteiger partial charge in [0.1, 0.15) is 0 Å². The molecule has 0 aliphatic heterocycles. The first kappa shape index (κ1) is 10.0. The molecule has 0 aliphatic rings. The van der Waals surface area contributed by atoms with E-state index in [1.54, 1.807) is 6.07 Å².